The van der Waals surface area contributed by atoms with Gasteiger partial charge in [-0.15, -0.1) is 0 Å². The molecule has 18 heavy (non-hydrogen) atoms. The van der Waals surface area contributed by atoms with Gasteiger partial charge in [-0.2, -0.15) is 0 Å². The minimum atomic E-state index is -0.875. The average molecular weight is 245 g/mol. The van der Waals surface area contributed by atoms with Crippen molar-refractivity contribution < 1.29 is 14.7 Å². The molecule has 1 saturated carbocycles. The first-order valence-corrected chi connectivity index (χ1v) is 6.27. The van der Waals surface area contributed by atoms with Crippen molar-refractivity contribution in [3.05, 3.63) is 35.9 Å². The van der Waals surface area contributed by atoms with Crippen molar-refractivity contribution in [2.75, 3.05) is 0 Å². The molecule has 4 nitrogen and oxygen atoms in total. The van der Waals surface area contributed by atoms with Crippen LogP contribution in [0.4, 0.5) is 0 Å². The Labute approximate surface area is 105 Å². The van der Waals surface area contributed by atoms with Crippen LogP contribution < -0.4 is 0 Å². The average Bonchev–Trinajstić information content (AvgIpc) is 3.13. The van der Waals surface area contributed by atoms with Gasteiger partial charge in [0.1, 0.15) is 0 Å². The SMILES string of the molecule is O=C(O)[C@@H]1CC(=O)N(C2CC2)[C@H]1c1ccccc1. The number of carbonyl (C=O) groups excluding carboxylic acids is 1. The Hall–Kier alpha value is -1.84. The molecule has 2 atom stereocenters. The van der Waals surface area contributed by atoms with Crippen LogP contribution in [0.3, 0.4) is 0 Å². The lowest BCUT2D eigenvalue weighted by atomic mass is 9.94. The van der Waals surface area contributed by atoms with Crippen molar-refractivity contribution in [2.45, 2.75) is 31.3 Å². The second kappa shape index (κ2) is 4.12. The normalized spacial score (nSPS) is 27.6. The number of hydrogen-bond donors (Lipinski definition) is 1. The van der Waals surface area contributed by atoms with Crippen molar-refractivity contribution >= 4 is 11.9 Å². The van der Waals surface area contributed by atoms with Gasteiger partial charge in [-0.05, 0) is 18.4 Å². The molecule has 1 aromatic carbocycles. The van der Waals surface area contributed by atoms with Gasteiger partial charge >= 0.3 is 5.97 Å². The maximum absolute atomic E-state index is 12.0. The largest absolute Gasteiger partial charge is 0.481 e. The van der Waals surface area contributed by atoms with Gasteiger partial charge in [-0.25, -0.2) is 0 Å². The van der Waals surface area contributed by atoms with E-state index in [0.29, 0.717) is 0 Å². The van der Waals surface area contributed by atoms with E-state index in [1.54, 1.807) is 4.90 Å². The predicted molar refractivity (Wildman–Crippen MR) is 64.8 cm³/mol. The van der Waals surface area contributed by atoms with E-state index in [1.807, 2.05) is 30.3 Å². The Morgan fingerprint density at radius 2 is 1.89 bits per heavy atom. The van der Waals surface area contributed by atoms with Crippen molar-refractivity contribution in [3.63, 3.8) is 0 Å². The fraction of sp³-hybridized carbons (Fsp3) is 0.429. The van der Waals surface area contributed by atoms with Crippen LogP contribution in [0.5, 0.6) is 0 Å². The fourth-order valence-electron chi connectivity index (χ4n) is 2.80. The summed E-state index contributed by atoms with van der Waals surface area (Å²) in [4.78, 5) is 25.2. The molecular weight excluding hydrogens is 230 g/mol. The minimum absolute atomic E-state index is 0.0150. The molecule has 1 heterocycles. The Balaban J connectivity index is 1.99. The molecule has 1 amide bonds. The number of hydrogen-bond acceptors (Lipinski definition) is 2. The highest BCUT2D eigenvalue weighted by Crippen LogP contribution is 2.44. The van der Waals surface area contributed by atoms with Crippen molar-refractivity contribution in [3.8, 4) is 0 Å². The molecule has 0 unspecified atom stereocenters. The molecule has 4 heteroatoms. The molecule has 0 radical (unpaired) electrons. The number of carboxylic acid groups (broad SMARTS) is 1. The summed E-state index contributed by atoms with van der Waals surface area (Å²) in [5.74, 6) is -1.50. The maximum Gasteiger partial charge on any atom is 0.309 e. The van der Waals surface area contributed by atoms with Gasteiger partial charge in [-0.1, -0.05) is 30.3 Å². The van der Waals surface area contributed by atoms with Gasteiger partial charge in [0.05, 0.1) is 12.0 Å². The summed E-state index contributed by atoms with van der Waals surface area (Å²) in [5.41, 5.74) is 0.933. The van der Waals surface area contributed by atoms with E-state index in [9.17, 15) is 14.7 Å². The van der Waals surface area contributed by atoms with E-state index in [4.69, 9.17) is 0 Å². The highest BCUT2D eigenvalue weighted by Gasteiger charge is 2.49. The summed E-state index contributed by atoms with van der Waals surface area (Å²) in [6.07, 6.45) is 2.13. The molecule has 1 saturated heterocycles. The van der Waals surface area contributed by atoms with Gasteiger partial charge < -0.3 is 10.0 Å². The number of benzene rings is 1. The van der Waals surface area contributed by atoms with Crippen LogP contribution in [0, 0.1) is 5.92 Å². The highest BCUT2D eigenvalue weighted by molar-refractivity contribution is 5.87. The molecule has 2 fully saturated rings. The maximum atomic E-state index is 12.0. The standard InChI is InChI=1S/C14H15NO3/c16-12-8-11(14(17)18)13(15(12)10-6-7-10)9-4-2-1-3-5-9/h1-5,10-11,13H,6-8H2,(H,17,18)/t11-,13+/m1/s1. The Morgan fingerprint density at radius 3 is 2.44 bits per heavy atom. The zero-order chi connectivity index (χ0) is 12.7. The van der Waals surface area contributed by atoms with Crippen LogP contribution in [0.2, 0.25) is 0 Å². The van der Waals surface area contributed by atoms with Crippen LogP contribution in [0.15, 0.2) is 30.3 Å². The van der Waals surface area contributed by atoms with Crippen molar-refractivity contribution in [1.82, 2.24) is 4.90 Å². The van der Waals surface area contributed by atoms with Crippen LogP contribution in [-0.2, 0) is 9.59 Å². The van der Waals surface area contributed by atoms with E-state index in [0.717, 1.165) is 18.4 Å². The molecule has 2 aliphatic rings. The molecule has 0 aromatic heterocycles. The summed E-state index contributed by atoms with van der Waals surface area (Å²) in [5, 5.41) is 9.30. The summed E-state index contributed by atoms with van der Waals surface area (Å²) < 4.78 is 0. The second-order valence-electron chi connectivity index (χ2n) is 5.04. The Morgan fingerprint density at radius 1 is 1.22 bits per heavy atom. The van der Waals surface area contributed by atoms with Gasteiger partial charge in [-0.3, -0.25) is 9.59 Å². The van der Waals surface area contributed by atoms with E-state index in [1.165, 1.54) is 0 Å². The molecule has 1 N–H and O–H groups in total. The first kappa shape index (κ1) is 11.3. The lowest BCUT2D eigenvalue weighted by Crippen LogP contribution is -2.32. The molecule has 1 aliphatic carbocycles. The third kappa shape index (κ3) is 1.78. The highest BCUT2D eigenvalue weighted by atomic mass is 16.4. The third-order valence-electron chi connectivity index (χ3n) is 3.76. The van der Waals surface area contributed by atoms with Crippen molar-refractivity contribution in [1.29, 1.82) is 0 Å². The van der Waals surface area contributed by atoms with Crippen LogP contribution in [-0.4, -0.2) is 27.9 Å². The van der Waals surface area contributed by atoms with E-state index >= 15 is 0 Å². The topological polar surface area (TPSA) is 57.6 Å². The summed E-state index contributed by atoms with van der Waals surface area (Å²) in [6.45, 7) is 0. The zero-order valence-corrected chi connectivity index (χ0v) is 9.95. The van der Waals surface area contributed by atoms with Gasteiger partial charge in [0.25, 0.3) is 0 Å². The number of nitrogens with zero attached hydrogens (tertiary/aromatic N) is 1. The first-order valence-electron chi connectivity index (χ1n) is 6.27. The van der Waals surface area contributed by atoms with Crippen LogP contribution in [0.25, 0.3) is 0 Å². The van der Waals surface area contributed by atoms with Crippen molar-refractivity contribution in [2.24, 2.45) is 5.92 Å². The quantitative estimate of drug-likeness (QED) is 0.883. The molecular formula is C14H15NO3. The molecule has 0 spiro atoms. The molecule has 94 valence electrons. The van der Waals surface area contributed by atoms with E-state index in [-0.39, 0.29) is 24.4 Å². The number of likely N-dealkylation sites (tertiary alicyclic amines) is 1. The number of amides is 1. The van der Waals surface area contributed by atoms with Crippen LogP contribution in [0.1, 0.15) is 30.9 Å². The third-order valence-corrected chi connectivity index (χ3v) is 3.76. The number of rotatable bonds is 3. The fourth-order valence-corrected chi connectivity index (χ4v) is 2.80. The van der Waals surface area contributed by atoms with Gasteiger partial charge in [0.15, 0.2) is 0 Å². The van der Waals surface area contributed by atoms with Crippen LogP contribution >= 0.6 is 0 Å². The Kier molecular flexibility index (Phi) is 2.58. The number of aliphatic carboxylic acids is 1. The lowest BCUT2D eigenvalue weighted by molar-refractivity contribution is -0.142. The summed E-state index contributed by atoms with van der Waals surface area (Å²) in [6, 6.07) is 9.47. The smallest absolute Gasteiger partial charge is 0.309 e. The minimum Gasteiger partial charge on any atom is -0.481 e. The number of carbonyl (C=O) groups is 2. The number of carboxylic acids is 1. The van der Waals surface area contributed by atoms with E-state index < -0.39 is 11.9 Å². The summed E-state index contributed by atoms with van der Waals surface area (Å²) in [7, 11) is 0. The lowest BCUT2D eigenvalue weighted by Gasteiger charge is -2.27. The molecule has 1 aromatic rings. The zero-order valence-electron chi connectivity index (χ0n) is 9.95. The van der Waals surface area contributed by atoms with Gasteiger partial charge in [0.2, 0.25) is 5.91 Å². The molecule has 3 rings (SSSR count). The molecule has 1 aliphatic heterocycles. The molecule has 0 bridgehead atoms. The van der Waals surface area contributed by atoms with E-state index in [2.05, 4.69) is 0 Å². The second-order valence-corrected chi connectivity index (χ2v) is 5.04. The predicted octanol–water partition coefficient (Wildman–Crippen LogP) is 1.82. The first-order chi connectivity index (χ1) is 8.68. The monoisotopic (exact) mass is 245 g/mol. The summed E-state index contributed by atoms with van der Waals surface area (Å²) >= 11 is 0. The van der Waals surface area contributed by atoms with Gasteiger partial charge in [0, 0.05) is 12.5 Å². The Bertz CT molecular complexity index is 481.